The van der Waals surface area contributed by atoms with Crippen LogP contribution in [0.15, 0.2) is 42.6 Å². The number of imidazole rings is 1. The SMILES string of the molecule is Oc1ccc(-n2c(CC3CCCNC3)nc3cccnc32)cc1. The van der Waals surface area contributed by atoms with Crippen LogP contribution in [0.3, 0.4) is 0 Å². The zero-order chi connectivity index (χ0) is 15.6. The summed E-state index contributed by atoms with van der Waals surface area (Å²) in [5.41, 5.74) is 2.78. The van der Waals surface area contributed by atoms with Crippen molar-refractivity contribution in [1.82, 2.24) is 19.9 Å². The molecule has 2 N–H and O–H groups in total. The number of hydrogen-bond acceptors (Lipinski definition) is 4. The smallest absolute Gasteiger partial charge is 0.164 e. The van der Waals surface area contributed by atoms with E-state index in [4.69, 9.17) is 4.98 Å². The first-order valence-corrected chi connectivity index (χ1v) is 8.14. The van der Waals surface area contributed by atoms with Gasteiger partial charge in [0.15, 0.2) is 5.65 Å². The molecule has 5 heteroatoms. The number of pyridine rings is 1. The number of aromatic nitrogens is 3. The highest BCUT2D eigenvalue weighted by atomic mass is 16.3. The van der Waals surface area contributed by atoms with E-state index < -0.39 is 0 Å². The van der Waals surface area contributed by atoms with Crippen molar-refractivity contribution >= 4 is 11.2 Å². The molecule has 1 aliphatic rings. The fourth-order valence-corrected chi connectivity index (χ4v) is 3.33. The Labute approximate surface area is 135 Å². The normalized spacial score (nSPS) is 18.3. The van der Waals surface area contributed by atoms with Crippen molar-refractivity contribution in [3.05, 3.63) is 48.4 Å². The number of nitrogens with zero attached hydrogens (tertiary/aromatic N) is 3. The van der Waals surface area contributed by atoms with Crippen molar-refractivity contribution in [2.75, 3.05) is 13.1 Å². The molecule has 1 aliphatic heterocycles. The van der Waals surface area contributed by atoms with Gasteiger partial charge in [0.05, 0.1) is 0 Å². The summed E-state index contributed by atoms with van der Waals surface area (Å²) in [4.78, 5) is 9.33. The highest BCUT2D eigenvalue weighted by Gasteiger charge is 2.19. The van der Waals surface area contributed by atoms with E-state index in [9.17, 15) is 5.11 Å². The van der Waals surface area contributed by atoms with Crippen LogP contribution in [0.25, 0.3) is 16.9 Å². The van der Waals surface area contributed by atoms with Crippen molar-refractivity contribution < 1.29 is 5.11 Å². The van der Waals surface area contributed by atoms with Crippen LogP contribution >= 0.6 is 0 Å². The molecular formula is C18H20N4O. The second-order valence-corrected chi connectivity index (χ2v) is 6.14. The molecule has 3 heterocycles. The Morgan fingerprint density at radius 2 is 2.09 bits per heavy atom. The van der Waals surface area contributed by atoms with Gasteiger partial charge in [-0.15, -0.1) is 0 Å². The zero-order valence-electron chi connectivity index (χ0n) is 12.9. The number of fused-ring (bicyclic) bond motifs is 1. The highest BCUT2D eigenvalue weighted by molar-refractivity contribution is 5.73. The first kappa shape index (κ1) is 14.2. The molecule has 1 saturated heterocycles. The first-order valence-electron chi connectivity index (χ1n) is 8.14. The molecule has 23 heavy (non-hydrogen) atoms. The molecule has 118 valence electrons. The van der Waals surface area contributed by atoms with Gasteiger partial charge in [-0.3, -0.25) is 4.57 Å². The standard InChI is InChI=1S/C18H20N4O/c23-15-7-5-14(6-8-15)22-17(11-13-3-1-9-19-12-13)21-16-4-2-10-20-18(16)22/h2,4-8,10,13,19,23H,1,3,9,11-12H2. The summed E-state index contributed by atoms with van der Waals surface area (Å²) in [6.45, 7) is 2.17. The molecule has 0 saturated carbocycles. The quantitative estimate of drug-likeness (QED) is 0.781. The van der Waals surface area contributed by atoms with Gasteiger partial charge in [-0.1, -0.05) is 0 Å². The van der Waals surface area contributed by atoms with E-state index in [1.807, 2.05) is 24.3 Å². The summed E-state index contributed by atoms with van der Waals surface area (Å²) in [7, 11) is 0. The number of benzene rings is 1. The maximum absolute atomic E-state index is 9.55. The van der Waals surface area contributed by atoms with Crippen LogP contribution in [-0.4, -0.2) is 32.7 Å². The predicted octanol–water partition coefficient (Wildman–Crippen LogP) is 2.67. The minimum Gasteiger partial charge on any atom is -0.508 e. The van der Waals surface area contributed by atoms with Gasteiger partial charge in [0.25, 0.3) is 0 Å². The van der Waals surface area contributed by atoms with Gasteiger partial charge in [-0.25, -0.2) is 9.97 Å². The molecule has 0 amide bonds. The zero-order valence-corrected chi connectivity index (χ0v) is 12.9. The molecule has 3 aromatic rings. The van der Waals surface area contributed by atoms with Crippen molar-refractivity contribution in [2.24, 2.45) is 5.92 Å². The van der Waals surface area contributed by atoms with Crippen LogP contribution in [0.5, 0.6) is 5.75 Å². The van der Waals surface area contributed by atoms with E-state index in [2.05, 4.69) is 14.9 Å². The lowest BCUT2D eigenvalue weighted by atomic mass is 9.96. The number of aromatic hydroxyl groups is 1. The van der Waals surface area contributed by atoms with Gasteiger partial charge >= 0.3 is 0 Å². The molecule has 0 radical (unpaired) electrons. The number of nitrogens with one attached hydrogen (secondary N) is 1. The molecule has 1 fully saturated rings. The minimum atomic E-state index is 0.268. The Balaban J connectivity index is 1.79. The molecule has 2 aromatic heterocycles. The fraction of sp³-hybridized carbons (Fsp3) is 0.333. The van der Waals surface area contributed by atoms with Crippen LogP contribution in [0.4, 0.5) is 0 Å². The molecule has 0 spiro atoms. The van der Waals surface area contributed by atoms with E-state index in [-0.39, 0.29) is 5.75 Å². The average Bonchev–Trinajstić information content (AvgIpc) is 2.94. The summed E-state index contributed by atoms with van der Waals surface area (Å²) in [5.74, 6) is 1.92. The number of phenols is 1. The van der Waals surface area contributed by atoms with E-state index in [1.54, 1.807) is 18.3 Å². The van der Waals surface area contributed by atoms with E-state index in [1.165, 1.54) is 12.8 Å². The molecule has 0 bridgehead atoms. The summed E-state index contributed by atoms with van der Waals surface area (Å²) in [6, 6.07) is 11.2. The predicted molar refractivity (Wildman–Crippen MR) is 89.8 cm³/mol. The molecule has 5 nitrogen and oxygen atoms in total. The molecule has 1 atom stereocenters. The van der Waals surface area contributed by atoms with Crippen LogP contribution in [0.2, 0.25) is 0 Å². The van der Waals surface area contributed by atoms with Gasteiger partial charge in [0.1, 0.15) is 17.1 Å². The molecule has 1 unspecified atom stereocenters. The van der Waals surface area contributed by atoms with E-state index in [0.29, 0.717) is 5.92 Å². The van der Waals surface area contributed by atoms with Crippen LogP contribution in [0.1, 0.15) is 18.7 Å². The lowest BCUT2D eigenvalue weighted by molar-refractivity contribution is 0.370. The van der Waals surface area contributed by atoms with Gasteiger partial charge in [-0.05, 0) is 68.2 Å². The summed E-state index contributed by atoms with van der Waals surface area (Å²) >= 11 is 0. The highest BCUT2D eigenvalue weighted by Crippen LogP contribution is 2.24. The Bertz CT molecular complexity index is 804. The number of phenolic OH excluding ortho intramolecular Hbond substituents is 1. The second-order valence-electron chi connectivity index (χ2n) is 6.14. The lowest BCUT2D eigenvalue weighted by Crippen LogP contribution is -2.31. The summed E-state index contributed by atoms with van der Waals surface area (Å²) in [5, 5.41) is 13.0. The molecule has 1 aromatic carbocycles. The maximum Gasteiger partial charge on any atom is 0.164 e. The van der Waals surface area contributed by atoms with E-state index >= 15 is 0 Å². The Morgan fingerprint density at radius 3 is 2.87 bits per heavy atom. The van der Waals surface area contributed by atoms with Crippen molar-refractivity contribution in [3.63, 3.8) is 0 Å². The van der Waals surface area contributed by atoms with Gasteiger partial charge < -0.3 is 10.4 Å². The third-order valence-electron chi connectivity index (χ3n) is 4.46. The van der Waals surface area contributed by atoms with Crippen LogP contribution < -0.4 is 5.32 Å². The average molecular weight is 308 g/mol. The van der Waals surface area contributed by atoms with Crippen LogP contribution in [-0.2, 0) is 6.42 Å². The maximum atomic E-state index is 9.55. The van der Waals surface area contributed by atoms with Gasteiger partial charge in [-0.2, -0.15) is 0 Å². The monoisotopic (exact) mass is 308 g/mol. The van der Waals surface area contributed by atoms with Crippen molar-refractivity contribution in [2.45, 2.75) is 19.3 Å². The number of piperidine rings is 1. The Kier molecular flexibility index (Phi) is 3.71. The van der Waals surface area contributed by atoms with Gasteiger partial charge in [0, 0.05) is 18.3 Å². The Morgan fingerprint density at radius 1 is 1.22 bits per heavy atom. The molecule has 0 aliphatic carbocycles. The molecular weight excluding hydrogens is 288 g/mol. The van der Waals surface area contributed by atoms with Gasteiger partial charge in [0.2, 0.25) is 0 Å². The largest absolute Gasteiger partial charge is 0.508 e. The Hall–Kier alpha value is -2.40. The summed E-state index contributed by atoms with van der Waals surface area (Å²) in [6.07, 6.45) is 5.19. The third kappa shape index (κ3) is 2.80. The second kappa shape index (κ2) is 6.01. The third-order valence-corrected chi connectivity index (χ3v) is 4.46. The molecule has 4 rings (SSSR count). The van der Waals surface area contributed by atoms with E-state index in [0.717, 1.165) is 42.2 Å². The summed E-state index contributed by atoms with van der Waals surface area (Å²) < 4.78 is 2.11. The van der Waals surface area contributed by atoms with Crippen molar-refractivity contribution in [3.8, 4) is 11.4 Å². The fourth-order valence-electron chi connectivity index (χ4n) is 3.33. The number of rotatable bonds is 3. The first-order chi connectivity index (χ1) is 11.3. The minimum absolute atomic E-state index is 0.268. The topological polar surface area (TPSA) is 63.0 Å². The van der Waals surface area contributed by atoms with Crippen molar-refractivity contribution in [1.29, 1.82) is 0 Å². The lowest BCUT2D eigenvalue weighted by Gasteiger charge is -2.22. The van der Waals surface area contributed by atoms with Crippen LogP contribution in [0, 0.1) is 5.92 Å². The number of hydrogen-bond donors (Lipinski definition) is 2.